The number of hydrogen-bond acceptors (Lipinski definition) is 1. The number of hydrogen-bond donors (Lipinski definition) is 0. The summed E-state index contributed by atoms with van der Waals surface area (Å²) in [5.74, 6) is 0. The molecule has 0 radical (unpaired) electrons. The van der Waals surface area contributed by atoms with Crippen molar-refractivity contribution in [3.8, 4) is 0 Å². The minimum Gasteiger partial charge on any atom is -0.298 e. The van der Waals surface area contributed by atoms with Crippen molar-refractivity contribution in [2.24, 2.45) is 0 Å². The SMILES string of the molecule is CCCCCCCCCCCN(CCCCCCCCCCC)C(C)(C)CCCCCCCCCCC. The van der Waals surface area contributed by atoms with E-state index in [-0.39, 0.29) is 0 Å². The molecule has 1 heteroatoms. The first-order valence-corrected chi connectivity index (χ1v) is 17.8. The van der Waals surface area contributed by atoms with Gasteiger partial charge in [-0.2, -0.15) is 0 Å². The Labute approximate surface area is 237 Å². The van der Waals surface area contributed by atoms with Gasteiger partial charge in [0.15, 0.2) is 0 Å². The van der Waals surface area contributed by atoms with Crippen molar-refractivity contribution in [1.29, 1.82) is 0 Å². The largest absolute Gasteiger partial charge is 0.298 e. The Kier molecular flexibility index (Phi) is 28.9. The molecule has 0 spiro atoms. The molecule has 0 rings (SSSR count). The Morgan fingerprint density at radius 2 is 0.568 bits per heavy atom. The van der Waals surface area contributed by atoms with Crippen LogP contribution in [0.25, 0.3) is 0 Å². The predicted octanol–water partition coefficient (Wildman–Crippen LogP) is 13.0. The Morgan fingerprint density at radius 1 is 0.324 bits per heavy atom. The molecule has 0 aliphatic heterocycles. The molecular weight excluding hydrogens is 446 g/mol. The van der Waals surface area contributed by atoms with Gasteiger partial charge in [-0.3, -0.25) is 4.90 Å². The fraction of sp³-hybridized carbons (Fsp3) is 1.00. The molecule has 224 valence electrons. The average Bonchev–Trinajstić information content (AvgIpc) is 2.89. The lowest BCUT2D eigenvalue weighted by Gasteiger charge is -2.39. The highest BCUT2D eigenvalue weighted by Crippen LogP contribution is 2.25. The van der Waals surface area contributed by atoms with Crippen molar-refractivity contribution in [3.05, 3.63) is 0 Å². The summed E-state index contributed by atoms with van der Waals surface area (Å²) < 4.78 is 0. The van der Waals surface area contributed by atoms with E-state index in [2.05, 4.69) is 39.5 Å². The molecule has 0 aromatic carbocycles. The van der Waals surface area contributed by atoms with Gasteiger partial charge in [-0.05, 0) is 46.2 Å². The molecule has 0 N–H and O–H groups in total. The van der Waals surface area contributed by atoms with Gasteiger partial charge in [0, 0.05) is 5.54 Å². The van der Waals surface area contributed by atoms with Crippen LogP contribution in [0.2, 0.25) is 0 Å². The third kappa shape index (κ3) is 26.0. The maximum absolute atomic E-state index is 2.90. The summed E-state index contributed by atoms with van der Waals surface area (Å²) in [5.41, 5.74) is 0.376. The van der Waals surface area contributed by atoms with Gasteiger partial charge in [-0.25, -0.2) is 0 Å². The minimum absolute atomic E-state index is 0.376. The second-order valence-corrected chi connectivity index (χ2v) is 13.0. The number of rotatable bonds is 31. The van der Waals surface area contributed by atoms with Gasteiger partial charge in [-0.1, -0.05) is 181 Å². The molecular formula is C36H75N. The van der Waals surface area contributed by atoms with E-state index >= 15 is 0 Å². The molecule has 0 saturated heterocycles. The molecule has 1 nitrogen and oxygen atoms in total. The first-order valence-electron chi connectivity index (χ1n) is 17.8. The minimum atomic E-state index is 0.376. The second kappa shape index (κ2) is 29.0. The zero-order chi connectivity index (χ0) is 27.3. The molecule has 0 aliphatic rings. The van der Waals surface area contributed by atoms with Gasteiger partial charge in [0.25, 0.3) is 0 Å². The van der Waals surface area contributed by atoms with Gasteiger partial charge in [-0.15, -0.1) is 0 Å². The highest BCUT2D eigenvalue weighted by atomic mass is 15.2. The molecule has 0 aliphatic carbocycles. The van der Waals surface area contributed by atoms with Crippen molar-refractivity contribution in [3.63, 3.8) is 0 Å². The standard InChI is InChI=1S/C36H75N/c1-6-9-12-15-18-21-24-27-30-33-36(4,5)37(34-31-28-25-22-19-16-13-10-7-2)35-32-29-26-23-20-17-14-11-8-3/h6-35H2,1-5H3. The van der Waals surface area contributed by atoms with Gasteiger partial charge in [0.05, 0.1) is 0 Å². The Hall–Kier alpha value is -0.0400. The zero-order valence-electron chi connectivity index (χ0n) is 27.2. The van der Waals surface area contributed by atoms with E-state index in [9.17, 15) is 0 Å². The monoisotopic (exact) mass is 522 g/mol. The lowest BCUT2D eigenvalue weighted by Crippen LogP contribution is -2.45. The lowest BCUT2D eigenvalue weighted by atomic mass is 9.92. The molecule has 37 heavy (non-hydrogen) atoms. The molecule has 0 bridgehead atoms. The fourth-order valence-electron chi connectivity index (χ4n) is 5.97. The van der Waals surface area contributed by atoms with Crippen LogP contribution in [-0.4, -0.2) is 23.5 Å². The summed E-state index contributed by atoms with van der Waals surface area (Å²) in [6.07, 6.45) is 40.3. The maximum atomic E-state index is 2.90. The highest BCUT2D eigenvalue weighted by Gasteiger charge is 2.25. The van der Waals surface area contributed by atoms with Crippen LogP contribution in [0.1, 0.15) is 214 Å². The van der Waals surface area contributed by atoms with Crippen LogP contribution < -0.4 is 0 Å². The predicted molar refractivity (Wildman–Crippen MR) is 172 cm³/mol. The fourth-order valence-corrected chi connectivity index (χ4v) is 5.97. The van der Waals surface area contributed by atoms with Crippen molar-refractivity contribution in [2.75, 3.05) is 13.1 Å². The van der Waals surface area contributed by atoms with Gasteiger partial charge >= 0.3 is 0 Å². The van der Waals surface area contributed by atoms with Crippen LogP contribution in [0.5, 0.6) is 0 Å². The van der Waals surface area contributed by atoms with E-state index < -0.39 is 0 Å². The quantitative estimate of drug-likeness (QED) is 0.0820. The van der Waals surface area contributed by atoms with Crippen molar-refractivity contribution in [1.82, 2.24) is 4.90 Å². The van der Waals surface area contributed by atoms with Crippen LogP contribution in [0, 0.1) is 0 Å². The smallest absolute Gasteiger partial charge is 0.0153 e. The zero-order valence-corrected chi connectivity index (χ0v) is 27.2. The molecule has 0 heterocycles. The summed E-state index contributed by atoms with van der Waals surface area (Å²) in [5, 5.41) is 0. The molecule has 0 amide bonds. The normalized spacial score (nSPS) is 12.2. The van der Waals surface area contributed by atoms with E-state index in [4.69, 9.17) is 0 Å². The van der Waals surface area contributed by atoms with Gasteiger partial charge < -0.3 is 0 Å². The third-order valence-corrected chi connectivity index (χ3v) is 8.81. The van der Waals surface area contributed by atoms with E-state index in [0.29, 0.717) is 5.54 Å². The van der Waals surface area contributed by atoms with Gasteiger partial charge in [0.1, 0.15) is 0 Å². The molecule has 0 aromatic heterocycles. The molecule has 0 fully saturated rings. The van der Waals surface area contributed by atoms with E-state index in [1.165, 1.54) is 193 Å². The van der Waals surface area contributed by atoms with Crippen LogP contribution in [0.3, 0.4) is 0 Å². The lowest BCUT2D eigenvalue weighted by molar-refractivity contribution is 0.102. The summed E-state index contributed by atoms with van der Waals surface area (Å²) in [6, 6.07) is 0. The summed E-state index contributed by atoms with van der Waals surface area (Å²) >= 11 is 0. The molecule has 0 saturated carbocycles. The first kappa shape index (κ1) is 37.0. The van der Waals surface area contributed by atoms with E-state index in [1.807, 2.05) is 0 Å². The third-order valence-electron chi connectivity index (χ3n) is 8.81. The number of nitrogens with zero attached hydrogens (tertiary/aromatic N) is 1. The van der Waals surface area contributed by atoms with E-state index in [1.54, 1.807) is 0 Å². The van der Waals surface area contributed by atoms with Crippen LogP contribution >= 0.6 is 0 Å². The van der Waals surface area contributed by atoms with Crippen molar-refractivity contribution in [2.45, 2.75) is 220 Å². The van der Waals surface area contributed by atoms with Crippen molar-refractivity contribution < 1.29 is 0 Å². The second-order valence-electron chi connectivity index (χ2n) is 13.0. The Bertz CT molecular complexity index is 393. The molecule has 0 unspecified atom stereocenters. The first-order chi connectivity index (χ1) is 18.1. The Morgan fingerprint density at radius 3 is 0.865 bits per heavy atom. The maximum Gasteiger partial charge on any atom is 0.0153 e. The molecule has 0 aromatic rings. The summed E-state index contributed by atoms with van der Waals surface area (Å²) in [7, 11) is 0. The topological polar surface area (TPSA) is 3.24 Å². The van der Waals surface area contributed by atoms with Crippen LogP contribution in [-0.2, 0) is 0 Å². The average molecular weight is 522 g/mol. The summed E-state index contributed by atoms with van der Waals surface area (Å²) in [4.78, 5) is 2.90. The van der Waals surface area contributed by atoms with Gasteiger partial charge in [0.2, 0.25) is 0 Å². The highest BCUT2D eigenvalue weighted by molar-refractivity contribution is 4.81. The van der Waals surface area contributed by atoms with Crippen LogP contribution in [0.15, 0.2) is 0 Å². The van der Waals surface area contributed by atoms with Crippen LogP contribution in [0.4, 0.5) is 0 Å². The van der Waals surface area contributed by atoms with E-state index in [0.717, 1.165) is 0 Å². The molecule has 0 atom stereocenters. The number of unbranched alkanes of at least 4 members (excludes halogenated alkanes) is 24. The van der Waals surface area contributed by atoms with Crippen molar-refractivity contribution >= 4 is 0 Å². The Balaban J connectivity index is 4.23. The summed E-state index contributed by atoms with van der Waals surface area (Å²) in [6.45, 7) is 14.7.